The van der Waals surface area contributed by atoms with Gasteiger partial charge < -0.3 is 20.2 Å². The first-order valence-electron chi connectivity index (χ1n) is 6.77. The Kier molecular flexibility index (Phi) is 5.86. The molecule has 0 saturated carbocycles. The molecular formula is C13H29N3O. The lowest BCUT2D eigenvalue weighted by Crippen LogP contribution is -2.55. The van der Waals surface area contributed by atoms with Crippen LogP contribution in [0.2, 0.25) is 0 Å². The van der Waals surface area contributed by atoms with Gasteiger partial charge in [-0.2, -0.15) is 0 Å². The molecule has 0 aromatic rings. The van der Waals surface area contributed by atoms with Crippen molar-refractivity contribution in [3.8, 4) is 0 Å². The zero-order valence-electron chi connectivity index (χ0n) is 11.9. The van der Waals surface area contributed by atoms with Crippen molar-refractivity contribution in [1.29, 1.82) is 0 Å². The van der Waals surface area contributed by atoms with Crippen LogP contribution in [0.15, 0.2) is 0 Å². The molecule has 102 valence electrons. The Labute approximate surface area is 106 Å². The van der Waals surface area contributed by atoms with Crippen LogP contribution in [0.4, 0.5) is 0 Å². The normalized spacial score (nSPS) is 22.9. The van der Waals surface area contributed by atoms with E-state index in [-0.39, 0.29) is 12.1 Å². The molecule has 1 unspecified atom stereocenters. The molecule has 4 nitrogen and oxygen atoms in total. The number of hydrogen-bond acceptors (Lipinski definition) is 4. The summed E-state index contributed by atoms with van der Waals surface area (Å²) in [5, 5.41) is 12.6. The van der Waals surface area contributed by atoms with Crippen LogP contribution in [0.3, 0.4) is 0 Å². The third-order valence-electron chi connectivity index (χ3n) is 4.18. The fourth-order valence-corrected chi connectivity index (χ4v) is 2.56. The third-order valence-corrected chi connectivity index (χ3v) is 4.18. The standard InChI is InChI=1S/C13H29N3O/c1-5-16-8-6-12(7-9-16)15(4)10-13(2,11-17)14-3/h12,14,17H,5-11H2,1-4H3. The number of piperidine rings is 1. The number of likely N-dealkylation sites (tertiary alicyclic amines) is 1. The number of nitrogens with one attached hydrogen (secondary N) is 1. The lowest BCUT2D eigenvalue weighted by molar-refractivity contribution is 0.0841. The first kappa shape index (κ1) is 14.9. The second-order valence-electron chi connectivity index (χ2n) is 5.55. The molecule has 1 aliphatic heterocycles. The monoisotopic (exact) mass is 243 g/mol. The van der Waals surface area contributed by atoms with Crippen LogP contribution in [0.25, 0.3) is 0 Å². The second-order valence-corrected chi connectivity index (χ2v) is 5.55. The van der Waals surface area contributed by atoms with Gasteiger partial charge in [0.2, 0.25) is 0 Å². The van der Waals surface area contributed by atoms with Crippen molar-refractivity contribution in [2.24, 2.45) is 0 Å². The highest BCUT2D eigenvalue weighted by Gasteiger charge is 2.28. The number of rotatable bonds is 6. The number of nitrogens with zero attached hydrogens (tertiary/aromatic N) is 2. The first-order valence-corrected chi connectivity index (χ1v) is 6.77. The van der Waals surface area contributed by atoms with Crippen molar-refractivity contribution in [2.45, 2.75) is 38.3 Å². The molecule has 1 heterocycles. The van der Waals surface area contributed by atoms with Gasteiger partial charge in [-0.05, 0) is 53.5 Å². The zero-order chi connectivity index (χ0) is 12.9. The van der Waals surface area contributed by atoms with Crippen molar-refractivity contribution in [1.82, 2.24) is 15.1 Å². The van der Waals surface area contributed by atoms with E-state index in [4.69, 9.17) is 0 Å². The van der Waals surface area contributed by atoms with Gasteiger partial charge in [0, 0.05) is 12.6 Å². The predicted molar refractivity (Wildman–Crippen MR) is 72.3 cm³/mol. The van der Waals surface area contributed by atoms with Gasteiger partial charge in [-0.3, -0.25) is 0 Å². The van der Waals surface area contributed by atoms with Crippen LogP contribution in [0, 0.1) is 0 Å². The highest BCUT2D eigenvalue weighted by Crippen LogP contribution is 2.17. The van der Waals surface area contributed by atoms with E-state index >= 15 is 0 Å². The summed E-state index contributed by atoms with van der Waals surface area (Å²) in [6.45, 7) is 8.97. The molecule has 1 aliphatic rings. The minimum atomic E-state index is -0.184. The minimum Gasteiger partial charge on any atom is -0.394 e. The SMILES string of the molecule is CCN1CCC(N(C)CC(C)(CO)NC)CC1. The smallest absolute Gasteiger partial charge is 0.0623 e. The molecule has 2 N–H and O–H groups in total. The van der Waals surface area contributed by atoms with Gasteiger partial charge in [0.25, 0.3) is 0 Å². The molecule has 4 heteroatoms. The fraction of sp³-hybridized carbons (Fsp3) is 1.00. The Balaban J connectivity index is 2.41. The van der Waals surface area contributed by atoms with Crippen LogP contribution in [0.1, 0.15) is 26.7 Å². The Morgan fingerprint density at radius 3 is 2.41 bits per heavy atom. The van der Waals surface area contributed by atoms with Crippen LogP contribution >= 0.6 is 0 Å². The van der Waals surface area contributed by atoms with Crippen molar-refractivity contribution in [3.63, 3.8) is 0 Å². The van der Waals surface area contributed by atoms with Crippen LogP contribution in [0.5, 0.6) is 0 Å². The number of hydrogen-bond donors (Lipinski definition) is 2. The molecule has 0 amide bonds. The van der Waals surface area contributed by atoms with Gasteiger partial charge in [-0.1, -0.05) is 6.92 Å². The van der Waals surface area contributed by atoms with Gasteiger partial charge in [-0.15, -0.1) is 0 Å². The highest BCUT2D eigenvalue weighted by atomic mass is 16.3. The molecule has 1 atom stereocenters. The predicted octanol–water partition coefficient (Wildman–Crippen LogP) is 0.373. The number of aliphatic hydroxyl groups excluding tert-OH is 1. The molecule has 1 rings (SSSR count). The molecule has 0 bridgehead atoms. The van der Waals surface area contributed by atoms with Crippen molar-refractivity contribution in [3.05, 3.63) is 0 Å². The van der Waals surface area contributed by atoms with E-state index in [1.807, 2.05) is 7.05 Å². The maximum Gasteiger partial charge on any atom is 0.0623 e. The average molecular weight is 243 g/mol. The van der Waals surface area contributed by atoms with E-state index < -0.39 is 0 Å². The van der Waals surface area contributed by atoms with Crippen LogP contribution in [-0.2, 0) is 0 Å². The van der Waals surface area contributed by atoms with Crippen LogP contribution < -0.4 is 5.32 Å². The molecular weight excluding hydrogens is 214 g/mol. The largest absolute Gasteiger partial charge is 0.394 e. The molecule has 0 spiro atoms. The quantitative estimate of drug-likeness (QED) is 0.707. The highest BCUT2D eigenvalue weighted by molar-refractivity contribution is 4.87. The summed E-state index contributed by atoms with van der Waals surface area (Å²) in [5.74, 6) is 0. The summed E-state index contributed by atoms with van der Waals surface area (Å²) in [6.07, 6.45) is 2.49. The molecule has 17 heavy (non-hydrogen) atoms. The van der Waals surface area contributed by atoms with Crippen molar-refractivity contribution < 1.29 is 5.11 Å². The van der Waals surface area contributed by atoms with Crippen molar-refractivity contribution >= 4 is 0 Å². The zero-order valence-corrected chi connectivity index (χ0v) is 11.9. The van der Waals surface area contributed by atoms with E-state index in [1.165, 1.54) is 32.5 Å². The molecule has 0 aromatic heterocycles. The molecule has 0 aromatic carbocycles. The Hall–Kier alpha value is -0.160. The van der Waals surface area contributed by atoms with Gasteiger partial charge in [-0.25, -0.2) is 0 Å². The van der Waals surface area contributed by atoms with Gasteiger partial charge in [0.05, 0.1) is 12.1 Å². The summed E-state index contributed by atoms with van der Waals surface area (Å²) in [6, 6.07) is 0.664. The minimum absolute atomic E-state index is 0.182. The van der Waals surface area contributed by atoms with Gasteiger partial charge >= 0.3 is 0 Å². The fourth-order valence-electron chi connectivity index (χ4n) is 2.56. The second kappa shape index (κ2) is 6.69. The Morgan fingerprint density at radius 1 is 1.41 bits per heavy atom. The Bertz CT molecular complexity index is 211. The maximum atomic E-state index is 9.42. The summed E-state index contributed by atoms with van der Waals surface area (Å²) in [5.41, 5.74) is -0.184. The van der Waals surface area contributed by atoms with E-state index in [9.17, 15) is 5.11 Å². The van der Waals surface area contributed by atoms with Gasteiger partial charge in [0.15, 0.2) is 0 Å². The summed E-state index contributed by atoms with van der Waals surface area (Å²) in [7, 11) is 4.10. The van der Waals surface area contributed by atoms with Crippen molar-refractivity contribution in [2.75, 3.05) is 46.9 Å². The van der Waals surface area contributed by atoms with Gasteiger partial charge in [0.1, 0.15) is 0 Å². The average Bonchev–Trinajstić information content (AvgIpc) is 2.38. The van der Waals surface area contributed by atoms with E-state index in [0.29, 0.717) is 6.04 Å². The third kappa shape index (κ3) is 4.21. The summed E-state index contributed by atoms with van der Waals surface area (Å²) < 4.78 is 0. The van der Waals surface area contributed by atoms with E-state index in [2.05, 4.69) is 36.0 Å². The molecule has 0 radical (unpaired) electrons. The molecule has 1 saturated heterocycles. The Morgan fingerprint density at radius 2 is 2.00 bits per heavy atom. The first-order chi connectivity index (χ1) is 8.04. The number of aliphatic hydroxyl groups is 1. The van der Waals surface area contributed by atoms with E-state index in [0.717, 1.165) is 6.54 Å². The topological polar surface area (TPSA) is 38.7 Å². The maximum absolute atomic E-state index is 9.42. The lowest BCUT2D eigenvalue weighted by atomic mass is 9.99. The summed E-state index contributed by atoms with van der Waals surface area (Å²) >= 11 is 0. The molecule has 0 aliphatic carbocycles. The molecule has 1 fully saturated rings. The lowest BCUT2D eigenvalue weighted by Gasteiger charge is -2.40. The summed E-state index contributed by atoms with van der Waals surface area (Å²) in [4.78, 5) is 4.91. The van der Waals surface area contributed by atoms with E-state index in [1.54, 1.807) is 0 Å². The van der Waals surface area contributed by atoms with Crippen LogP contribution in [-0.4, -0.2) is 73.4 Å². The number of likely N-dealkylation sites (N-methyl/N-ethyl adjacent to an activating group) is 2.